The van der Waals surface area contributed by atoms with Gasteiger partial charge in [0.25, 0.3) is 0 Å². The molecular formula is C22H38IN5O. The fraction of sp³-hybridized carbons (Fsp3) is 0.682. The van der Waals surface area contributed by atoms with Gasteiger partial charge >= 0.3 is 0 Å². The first-order valence-corrected chi connectivity index (χ1v) is 10.9. The topological polar surface area (TPSA) is 43.3 Å². The molecule has 1 N–H and O–H groups in total. The average molecular weight is 515 g/mol. The minimum Gasteiger partial charge on any atom is -0.497 e. The van der Waals surface area contributed by atoms with E-state index in [-0.39, 0.29) is 24.0 Å². The Morgan fingerprint density at radius 2 is 1.97 bits per heavy atom. The maximum atomic E-state index is 5.37. The minimum absolute atomic E-state index is 0. The number of piperidine rings is 1. The molecular weight excluding hydrogens is 477 g/mol. The number of benzene rings is 1. The summed E-state index contributed by atoms with van der Waals surface area (Å²) in [7, 11) is 1.72. The molecule has 1 unspecified atom stereocenters. The van der Waals surface area contributed by atoms with Crippen molar-refractivity contribution in [2.45, 2.75) is 26.7 Å². The van der Waals surface area contributed by atoms with Gasteiger partial charge in [0, 0.05) is 57.6 Å². The third-order valence-electron chi connectivity index (χ3n) is 5.88. The third-order valence-corrected chi connectivity index (χ3v) is 5.88. The normalized spacial score (nSPS) is 20.9. The Labute approximate surface area is 193 Å². The number of rotatable bonds is 6. The van der Waals surface area contributed by atoms with Gasteiger partial charge in [-0.05, 0) is 50.9 Å². The number of ether oxygens (including phenoxy) is 1. The lowest BCUT2D eigenvalue weighted by atomic mass is 9.98. The molecule has 1 atom stereocenters. The molecule has 0 saturated carbocycles. The van der Waals surface area contributed by atoms with Crippen LogP contribution in [0.5, 0.6) is 5.75 Å². The van der Waals surface area contributed by atoms with Gasteiger partial charge in [-0.2, -0.15) is 0 Å². The van der Waals surface area contributed by atoms with Crippen LogP contribution in [0.4, 0.5) is 5.69 Å². The summed E-state index contributed by atoms with van der Waals surface area (Å²) in [6.45, 7) is 13.9. The Bertz CT molecular complexity index is 633. The molecule has 2 aliphatic heterocycles. The molecule has 7 heteroatoms. The summed E-state index contributed by atoms with van der Waals surface area (Å²) in [4.78, 5) is 12.4. The van der Waals surface area contributed by atoms with Gasteiger partial charge < -0.3 is 24.8 Å². The minimum atomic E-state index is 0. The molecule has 2 fully saturated rings. The molecule has 1 aromatic rings. The summed E-state index contributed by atoms with van der Waals surface area (Å²) in [5.74, 6) is 2.70. The van der Waals surface area contributed by atoms with Gasteiger partial charge in [0.1, 0.15) is 5.75 Å². The Morgan fingerprint density at radius 3 is 2.66 bits per heavy atom. The lowest BCUT2D eigenvalue weighted by molar-refractivity contribution is 0.186. The largest absolute Gasteiger partial charge is 0.497 e. The van der Waals surface area contributed by atoms with Crippen LogP contribution in [0, 0.1) is 5.92 Å². The number of guanidine groups is 1. The fourth-order valence-electron chi connectivity index (χ4n) is 4.21. The van der Waals surface area contributed by atoms with Crippen molar-refractivity contribution >= 4 is 35.6 Å². The van der Waals surface area contributed by atoms with Crippen LogP contribution in [0.1, 0.15) is 26.7 Å². The summed E-state index contributed by atoms with van der Waals surface area (Å²) < 4.78 is 5.37. The van der Waals surface area contributed by atoms with Crippen LogP contribution in [0.2, 0.25) is 0 Å². The lowest BCUT2D eigenvalue weighted by Gasteiger charge is -2.38. The number of likely N-dealkylation sites (tertiary alicyclic amines) is 1. The molecule has 2 aliphatic rings. The van der Waals surface area contributed by atoms with Gasteiger partial charge in [0.15, 0.2) is 5.96 Å². The van der Waals surface area contributed by atoms with E-state index in [1.807, 2.05) is 6.07 Å². The zero-order chi connectivity index (χ0) is 19.8. The molecule has 0 spiro atoms. The van der Waals surface area contributed by atoms with Crippen molar-refractivity contribution < 1.29 is 4.74 Å². The molecule has 2 saturated heterocycles. The summed E-state index contributed by atoms with van der Waals surface area (Å²) in [6.07, 6.45) is 2.62. The molecule has 0 bridgehead atoms. The number of anilines is 1. The number of aliphatic imine (C=N–C) groups is 1. The molecule has 0 aromatic heterocycles. The van der Waals surface area contributed by atoms with Crippen molar-refractivity contribution in [2.75, 3.05) is 70.9 Å². The quantitative estimate of drug-likeness (QED) is 0.359. The Kier molecular flexibility index (Phi) is 10.3. The SMILES string of the molecule is CCNC(=NCC1CCCN(CC)C1)N1CCN(c2cccc(OC)c2)CC1.I. The monoisotopic (exact) mass is 515 g/mol. The van der Waals surface area contributed by atoms with Crippen LogP contribution in [0.3, 0.4) is 0 Å². The second kappa shape index (κ2) is 12.5. The number of methoxy groups -OCH3 is 1. The molecule has 0 radical (unpaired) electrons. The standard InChI is InChI=1S/C22H37N5O.HI/c1-4-23-22(24-17-19-8-7-11-25(5-2)18-19)27-14-12-26(13-15-27)20-9-6-10-21(16-20)28-3;/h6,9-10,16,19H,4-5,7-8,11-15,17-18H2,1-3H3,(H,23,24);1H. The van der Waals surface area contributed by atoms with Gasteiger partial charge in [0.05, 0.1) is 7.11 Å². The van der Waals surface area contributed by atoms with E-state index in [1.54, 1.807) is 7.11 Å². The first kappa shape index (κ1) is 24.1. The van der Waals surface area contributed by atoms with Crippen molar-refractivity contribution in [3.8, 4) is 5.75 Å². The zero-order valence-corrected chi connectivity index (χ0v) is 20.6. The second-order valence-electron chi connectivity index (χ2n) is 7.77. The summed E-state index contributed by atoms with van der Waals surface area (Å²) >= 11 is 0. The lowest BCUT2D eigenvalue weighted by Crippen LogP contribution is -2.52. The van der Waals surface area contributed by atoms with Crippen LogP contribution < -0.4 is 15.0 Å². The van der Waals surface area contributed by atoms with Gasteiger partial charge in [-0.3, -0.25) is 4.99 Å². The maximum absolute atomic E-state index is 5.37. The maximum Gasteiger partial charge on any atom is 0.194 e. The number of piperazine rings is 1. The highest BCUT2D eigenvalue weighted by Gasteiger charge is 2.22. The van der Waals surface area contributed by atoms with E-state index in [2.05, 4.69) is 52.1 Å². The Morgan fingerprint density at radius 1 is 1.17 bits per heavy atom. The van der Waals surface area contributed by atoms with Gasteiger partial charge in [-0.1, -0.05) is 13.0 Å². The van der Waals surface area contributed by atoms with Crippen LogP contribution in [-0.2, 0) is 0 Å². The number of hydrogen-bond acceptors (Lipinski definition) is 4. The van der Waals surface area contributed by atoms with E-state index in [0.29, 0.717) is 5.92 Å². The van der Waals surface area contributed by atoms with Crippen molar-refractivity contribution in [3.63, 3.8) is 0 Å². The van der Waals surface area contributed by atoms with E-state index in [0.717, 1.165) is 57.5 Å². The fourth-order valence-corrected chi connectivity index (χ4v) is 4.21. The number of nitrogens with one attached hydrogen (secondary N) is 1. The molecule has 3 rings (SSSR count). The average Bonchev–Trinajstić information content (AvgIpc) is 2.77. The molecule has 29 heavy (non-hydrogen) atoms. The smallest absolute Gasteiger partial charge is 0.194 e. The number of hydrogen-bond donors (Lipinski definition) is 1. The molecule has 0 amide bonds. The number of nitrogens with zero attached hydrogens (tertiary/aromatic N) is 4. The first-order chi connectivity index (χ1) is 13.7. The van der Waals surface area contributed by atoms with E-state index in [9.17, 15) is 0 Å². The van der Waals surface area contributed by atoms with Crippen molar-refractivity contribution in [2.24, 2.45) is 10.9 Å². The molecule has 0 aliphatic carbocycles. The first-order valence-electron chi connectivity index (χ1n) is 10.9. The summed E-state index contributed by atoms with van der Waals surface area (Å²) in [6, 6.07) is 8.36. The van der Waals surface area contributed by atoms with Crippen LogP contribution in [-0.4, -0.2) is 81.8 Å². The Hall–Kier alpha value is -1.22. The van der Waals surface area contributed by atoms with Crippen molar-refractivity contribution in [1.29, 1.82) is 0 Å². The summed E-state index contributed by atoms with van der Waals surface area (Å²) in [5.41, 5.74) is 1.24. The van der Waals surface area contributed by atoms with Crippen molar-refractivity contribution in [1.82, 2.24) is 15.1 Å². The number of halogens is 1. The summed E-state index contributed by atoms with van der Waals surface area (Å²) in [5, 5.41) is 3.51. The van der Waals surface area contributed by atoms with Crippen LogP contribution in [0.25, 0.3) is 0 Å². The second-order valence-corrected chi connectivity index (χ2v) is 7.77. The molecule has 2 heterocycles. The molecule has 164 valence electrons. The van der Waals surface area contributed by atoms with E-state index in [1.165, 1.54) is 31.6 Å². The highest BCUT2D eigenvalue weighted by atomic mass is 127. The predicted molar refractivity (Wildman–Crippen MR) is 133 cm³/mol. The highest BCUT2D eigenvalue weighted by Crippen LogP contribution is 2.22. The van der Waals surface area contributed by atoms with Gasteiger partial charge in [-0.15, -0.1) is 24.0 Å². The molecule has 6 nitrogen and oxygen atoms in total. The van der Waals surface area contributed by atoms with Crippen molar-refractivity contribution in [3.05, 3.63) is 24.3 Å². The Balaban J connectivity index is 0.00000300. The third kappa shape index (κ3) is 6.91. The molecule has 1 aromatic carbocycles. The zero-order valence-electron chi connectivity index (χ0n) is 18.3. The van der Waals surface area contributed by atoms with Gasteiger partial charge in [-0.25, -0.2) is 0 Å². The van der Waals surface area contributed by atoms with Crippen LogP contribution in [0.15, 0.2) is 29.3 Å². The predicted octanol–water partition coefficient (Wildman–Crippen LogP) is 3.13. The van der Waals surface area contributed by atoms with Gasteiger partial charge in [0.2, 0.25) is 0 Å². The van der Waals surface area contributed by atoms with E-state index < -0.39 is 0 Å². The highest BCUT2D eigenvalue weighted by molar-refractivity contribution is 14.0. The van der Waals surface area contributed by atoms with Crippen LogP contribution >= 0.6 is 24.0 Å². The van der Waals surface area contributed by atoms with E-state index >= 15 is 0 Å². The van der Waals surface area contributed by atoms with E-state index in [4.69, 9.17) is 9.73 Å².